The van der Waals surface area contributed by atoms with Crippen molar-refractivity contribution in [3.63, 3.8) is 0 Å². The topological polar surface area (TPSA) is 75.4 Å². The molecule has 6 nitrogen and oxygen atoms in total. The first kappa shape index (κ1) is 18.2. The van der Waals surface area contributed by atoms with Gasteiger partial charge in [0.2, 0.25) is 5.91 Å². The molecule has 0 bridgehead atoms. The van der Waals surface area contributed by atoms with E-state index in [1.54, 1.807) is 10.9 Å². The molecule has 0 aliphatic carbocycles. The summed E-state index contributed by atoms with van der Waals surface area (Å²) in [5.74, 6) is -0.818. The van der Waals surface area contributed by atoms with Crippen LogP contribution in [0.2, 0.25) is 0 Å². The van der Waals surface area contributed by atoms with Gasteiger partial charge in [0.25, 0.3) is 0 Å². The van der Waals surface area contributed by atoms with Crippen molar-refractivity contribution < 1.29 is 14.7 Å². The van der Waals surface area contributed by atoms with E-state index in [2.05, 4.69) is 36.3 Å². The number of nitrogens with zero attached hydrogens (tertiary/aromatic N) is 3. The van der Waals surface area contributed by atoms with E-state index in [4.69, 9.17) is 5.11 Å². The molecule has 1 aromatic heterocycles. The number of hydrogen-bond acceptors (Lipinski definition) is 3. The maximum atomic E-state index is 12.7. The average molecular weight is 355 g/mol. The number of piperidine rings is 1. The van der Waals surface area contributed by atoms with Crippen LogP contribution in [0, 0.1) is 12.8 Å². The summed E-state index contributed by atoms with van der Waals surface area (Å²) in [6, 6.07) is 8.48. The number of aromatic nitrogens is 2. The molecule has 26 heavy (non-hydrogen) atoms. The lowest BCUT2D eigenvalue weighted by atomic mass is 9.97. The molecule has 138 valence electrons. The maximum absolute atomic E-state index is 12.7. The monoisotopic (exact) mass is 355 g/mol. The quantitative estimate of drug-likeness (QED) is 0.895. The van der Waals surface area contributed by atoms with Crippen molar-refractivity contribution in [1.82, 2.24) is 14.7 Å². The first-order valence-corrected chi connectivity index (χ1v) is 9.06. The fourth-order valence-corrected chi connectivity index (χ4v) is 3.48. The van der Waals surface area contributed by atoms with Gasteiger partial charge in [-0.1, -0.05) is 36.8 Å². The number of carboxylic acids is 1. The maximum Gasteiger partial charge on any atom is 0.338 e. The molecular weight excluding hydrogens is 330 g/mol. The van der Waals surface area contributed by atoms with Crippen LogP contribution in [0.25, 0.3) is 0 Å². The van der Waals surface area contributed by atoms with Gasteiger partial charge in [0.05, 0.1) is 17.8 Å². The summed E-state index contributed by atoms with van der Waals surface area (Å²) < 4.78 is 1.72. The zero-order chi connectivity index (χ0) is 18.7. The molecule has 1 N–H and O–H groups in total. The largest absolute Gasteiger partial charge is 0.478 e. The zero-order valence-corrected chi connectivity index (χ0v) is 15.3. The van der Waals surface area contributed by atoms with Gasteiger partial charge in [-0.3, -0.25) is 9.48 Å². The molecular formula is C20H25N3O3. The summed E-state index contributed by atoms with van der Waals surface area (Å²) in [7, 11) is 0. The summed E-state index contributed by atoms with van der Waals surface area (Å²) in [5, 5.41) is 13.2. The third kappa shape index (κ3) is 4.12. The van der Waals surface area contributed by atoms with Gasteiger partial charge in [-0.15, -0.1) is 0 Å². The van der Waals surface area contributed by atoms with Crippen LogP contribution in [0.4, 0.5) is 0 Å². The Kier molecular flexibility index (Phi) is 5.40. The van der Waals surface area contributed by atoms with Crippen LogP contribution in [-0.2, 0) is 11.2 Å². The zero-order valence-electron chi connectivity index (χ0n) is 15.3. The highest BCUT2D eigenvalue weighted by atomic mass is 16.4. The summed E-state index contributed by atoms with van der Waals surface area (Å²) in [4.78, 5) is 25.6. The van der Waals surface area contributed by atoms with E-state index in [1.165, 1.54) is 17.3 Å². The minimum Gasteiger partial charge on any atom is -0.478 e. The molecule has 0 radical (unpaired) electrons. The molecule has 1 atom stereocenters. The van der Waals surface area contributed by atoms with Gasteiger partial charge in [-0.05, 0) is 31.7 Å². The van der Waals surface area contributed by atoms with Crippen molar-refractivity contribution in [2.24, 2.45) is 5.92 Å². The van der Waals surface area contributed by atoms with Gasteiger partial charge in [0, 0.05) is 25.2 Å². The minimum atomic E-state index is -0.964. The molecule has 1 aromatic carbocycles. The Balaban J connectivity index is 1.54. The molecule has 0 spiro atoms. The van der Waals surface area contributed by atoms with E-state index >= 15 is 0 Å². The number of benzene rings is 1. The van der Waals surface area contributed by atoms with Crippen LogP contribution in [0.5, 0.6) is 0 Å². The number of carbonyl (C=O) groups is 2. The van der Waals surface area contributed by atoms with Crippen molar-refractivity contribution in [1.29, 1.82) is 0 Å². The third-order valence-corrected chi connectivity index (χ3v) is 5.08. The van der Waals surface area contributed by atoms with Crippen LogP contribution in [-0.4, -0.2) is 44.8 Å². The van der Waals surface area contributed by atoms with Crippen LogP contribution in [0.15, 0.2) is 36.7 Å². The fourth-order valence-electron chi connectivity index (χ4n) is 3.48. The van der Waals surface area contributed by atoms with Crippen molar-refractivity contribution in [2.45, 2.75) is 39.2 Å². The predicted molar refractivity (Wildman–Crippen MR) is 98.1 cm³/mol. The highest BCUT2D eigenvalue weighted by Crippen LogP contribution is 2.24. The lowest BCUT2D eigenvalue weighted by Crippen LogP contribution is -2.42. The van der Waals surface area contributed by atoms with E-state index in [0.29, 0.717) is 13.1 Å². The van der Waals surface area contributed by atoms with Gasteiger partial charge in [0.15, 0.2) is 0 Å². The Hall–Kier alpha value is -2.63. The van der Waals surface area contributed by atoms with Gasteiger partial charge in [0.1, 0.15) is 0 Å². The number of aromatic carboxylic acids is 1. The molecule has 1 amide bonds. The summed E-state index contributed by atoms with van der Waals surface area (Å²) in [5.41, 5.74) is 2.61. The number of carboxylic acid groups (broad SMARTS) is 1. The second-order valence-corrected chi connectivity index (χ2v) is 7.16. The minimum absolute atomic E-state index is 0.0439. The molecule has 1 aliphatic rings. The third-order valence-electron chi connectivity index (χ3n) is 5.08. The molecule has 2 aromatic rings. The number of rotatable bonds is 5. The lowest BCUT2D eigenvalue weighted by molar-refractivity contribution is -0.136. The number of amides is 1. The molecule has 1 fully saturated rings. The average Bonchev–Trinajstić information content (AvgIpc) is 3.13. The van der Waals surface area contributed by atoms with Gasteiger partial charge < -0.3 is 10.0 Å². The Bertz CT molecular complexity index is 774. The fraction of sp³-hybridized carbons (Fsp3) is 0.450. The number of aryl methyl sites for hydroxylation is 1. The van der Waals surface area contributed by atoms with Crippen molar-refractivity contribution in [3.05, 3.63) is 53.3 Å². The molecule has 3 rings (SSSR count). The Morgan fingerprint density at radius 3 is 2.46 bits per heavy atom. The predicted octanol–water partition coefficient (Wildman–Crippen LogP) is 2.93. The summed E-state index contributed by atoms with van der Waals surface area (Å²) in [6.45, 7) is 5.41. The molecule has 2 heterocycles. The van der Waals surface area contributed by atoms with Crippen LogP contribution >= 0.6 is 0 Å². The summed E-state index contributed by atoms with van der Waals surface area (Å²) in [6.07, 6.45) is 5.29. The van der Waals surface area contributed by atoms with Gasteiger partial charge in [-0.2, -0.15) is 5.10 Å². The summed E-state index contributed by atoms with van der Waals surface area (Å²) >= 11 is 0. The van der Waals surface area contributed by atoms with Crippen molar-refractivity contribution >= 4 is 11.9 Å². The van der Waals surface area contributed by atoms with E-state index in [-0.39, 0.29) is 23.4 Å². The van der Waals surface area contributed by atoms with E-state index in [0.717, 1.165) is 19.3 Å². The molecule has 1 aliphatic heterocycles. The molecule has 0 saturated carbocycles. The lowest BCUT2D eigenvalue weighted by Gasteiger charge is -2.33. The number of likely N-dealkylation sites (tertiary alicyclic amines) is 1. The van der Waals surface area contributed by atoms with E-state index in [9.17, 15) is 9.59 Å². The van der Waals surface area contributed by atoms with Crippen molar-refractivity contribution in [2.75, 3.05) is 13.1 Å². The van der Waals surface area contributed by atoms with E-state index < -0.39 is 5.97 Å². The number of hydrogen-bond donors (Lipinski definition) is 1. The van der Waals surface area contributed by atoms with Crippen LogP contribution in [0.3, 0.4) is 0 Å². The van der Waals surface area contributed by atoms with Crippen molar-refractivity contribution in [3.8, 4) is 0 Å². The highest BCUT2D eigenvalue weighted by Gasteiger charge is 2.27. The Morgan fingerprint density at radius 1 is 1.23 bits per heavy atom. The van der Waals surface area contributed by atoms with Gasteiger partial charge in [-0.25, -0.2) is 4.79 Å². The van der Waals surface area contributed by atoms with Gasteiger partial charge >= 0.3 is 5.97 Å². The normalized spacial score (nSPS) is 16.5. The second kappa shape index (κ2) is 7.72. The molecule has 1 saturated heterocycles. The molecule has 1 unspecified atom stereocenters. The van der Waals surface area contributed by atoms with Crippen LogP contribution < -0.4 is 0 Å². The standard InChI is InChI=1S/C20H25N3O3/c1-14-3-5-16(6-4-14)11-15(2)19(24)22-9-7-18(8-10-22)23-13-17(12-21-23)20(25)26/h3-6,12-13,15,18H,7-11H2,1-2H3,(H,25,26). The first-order valence-electron chi connectivity index (χ1n) is 9.06. The van der Waals surface area contributed by atoms with Crippen LogP contribution in [0.1, 0.15) is 47.3 Å². The highest BCUT2D eigenvalue weighted by molar-refractivity contribution is 5.86. The number of carbonyl (C=O) groups excluding carboxylic acids is 1. The Labute approximate surface area is 153 Å². The molecule has 6 heteroatoms. The SMILES string of the molecule is Cc1ccc(CC(C)C(=O)N2CCC(n3cc(C(=O)O)cn3)CC2)cc1. The first-order chi connectivity index (χ1) is 12.4. The van der Waals surface area contributed by atoms with E-state index in [1.807, 2.05) is 11.8 Å². The smallest absolute Gasteiger partial charge is 0.338 e. The second-order valence-electron chi connectivity index (χ2n) is 7.16. The Morgan fingerprint density at radius 2 is 1.88 bits per heavy atom.